The molecule has 0 fully saturated rings. The molecule has 1 unspecified atom stereocenters. The normalized spacial score (nSPS) is 18.0. The lowest BCUT2D eigenvalue weighted by Crippen LogP contribution is -2.95. The summed E-state index contributed by atoms with van der Waals surface area (Å²) in [6.45, 7) is 1.81. The SMILES string of the molecule is [CH2-][NH+]1N=NC(c2ccc(NC(=O)CC)cc2)=N1. The van der Waals surface area contributed by atoms with Gasteiger partial charge in [0.15, 0.2) is 0 Å². The molecule has 1 atom stereocenters. The van der Waals surface area contributed by atoms with Gasteiger partial charge >= 0.3 is 0 Å². The zero-order chi connectivity index (χ0) is 12.3. The van der Waals surface area contributed by atoms with E-state index in [0.29, 0.717) is 17.4 Å². The van der Waals surface area contributed by atoms with Gasteiger partial charge in [0.2, 0.25) is 11.7 Å². The van der Waals surface area contributed by atoms with E-state index < -0.39 is 0 Å². The second-order valence-corrected chi connectivity index (χ2v) is 3.53. The third-order valence-corrected chi connectivity index (χ3v) is 2.24. The maximum atomic E-state index is 11.2. The van der Waals surface area contributed by atoms with Crippen LogP contribution in [0.25, 0.3) is 0 Å². The first-order valence-electron chi connectivity index (χ1n) is 5.28. The van der Waals surface area contributed by atoms with Gasteiger partial charge in [-0.3, -0.25) is 4.79 Å². The number of carbonyl (C=O) groups is 1. The summed E-state index contributed by atoms with van der Waals surface area (Å²) in [5.41, 5.74) is 1.61. The molecule has 6 nitrogen and oxygen atoms in total. The summed E-state index contributed by atoms with van der Waals surface area (Å²) in [6, 6.07) is 7.29. The summed E-state index contributed by atoms with van der Waals surface area (Å²) < 4.78 is 0. The van der Waals surface area contributed by atoms with Crippen LogP contribution in [0.4, 0.5) is 5.69 Å². The molecule has 2 rings (SSSR count). The van der Waals surface area contributed by atoms with Crippen molar-refractivity contribution in [2.24, 2.45) is 15.4 Å². The molecule has 88 valence electrons. The Balaban J connectivity index is 2.11. The van der Waals surface area contributed by atoms with Crippen molar-refractivity contribution < 1.29 is 9.91 Å². The summed E-state index contributed by atoms with van der Waals surface area (Å²) >= 11 is 0. The summed E-state index contributed by atoms with van der Waals surface area (Å²) in [4.78, 5) is 11.2. The Bertz CT molecular complexity index is 477. The van der Waals surface area contributed by atoms with E-state index in [-0.39, 0.29) is 5.91 Å². The third-order valence-electron chi connectivity index (χ3n) is 2.24. The van der Waals surface area contributed by atoms with E-state index in [1.165, 1.54) is 0 Å². The van der Waals surface area contributed by atoms with E-state index >= 15 is 0 Å². The number of benzene rings is 1. The van der Waals surface area contributed by atoms with Gasteiger partial charge in [0.05, 0.1) is 0 Å². The summed E-state index contributed by atoms with van der Waals surface area (Å²) in [5, 5.41) is 14.9. The molecule has 2 N–H and O–H groups in total. The number of quaternary nitrogens is 1. The number of rotatable bonds is 3. The number of hydrogen-bond acceptors (Lipinski definition) is 4. The highest BCUT2D eigenvalue weighted by molar-refractivity contribution is 5.99. The lowest BCUT2D eigenvalue weighted by atomic mass is 10.2. The van der Waals surface area contributed by atoms with Crippen LogP contribution in [0.2, 0.25) is 0 Å². The van der Waals surface area contributed by atoms with E-state index in [1.807, 2.05) is 31.2 Å². The van der Waals surface area contributed by atoms with E-state index in [4.69, 9.17) is 0 Å². The number of amidine groups is 1. The summed E-state index contributed by atoms with van der Waals surface area (Å²) in [6.07, 6.45) is 0.461. The minimum atomic E-state index is -0.0102. The van der Waals surface area contributed by atoms with Gasteiger partial charge in [0, 0.05) is 22.9 Å². The molecule has 1 amide bonds. The highest BCUT2D eigenvalue weighted by atomic mass is 16.1. The molecule has 0 spiro atoms. The second kappa shape index (κ2) is 4.84. The number of nitrogens with zero attached hydrogens (tertiary/aromatic N) is 3. The molecule has 6 heteroatoms. The smallest absolute Gasteiger partial charge is 0.241 e. The van der Waals surface area contributed by atoms with Crippen LogP contribution in [0.5, 0.6) is 0 Å². The van der Waals surface area contributed by atoms with Crippen LogP contribution in [-0.2, 0) is 4.79 Å². The Morgan fingerprint density at radius 3 is 2.65 bits per heavy atom. The fraction of sp³-hybridized carbons (Fsp3) is 0.182. The van der Waals surface area contributed by atoms with Gasteiger partial charge in [0.25, 0.3) is 0 Å². The molecule has 1 aromatic carbocycles. The maximum absolute atomic E-state index is 11.2. The number of amides is 1. The van der Waals surface area contributed by atoms with E-state index in [1.54, 1.807) is 0 Å². The van der Waals surface area contributed by atoms with Crippen molar-refractivity contribution in [3.8, 4) is 0 Å². The van der Waals surface area contributed by atoms with Crippen molar-refractivity contribution in [2.45, 2.75) is 13.3 Å². The van der Waals surface area contributed by atoms with E-state index in [2.05, 4.69) is 27.8 Å². The Labute approximate surface area is 99.0 Å². The molecule has 1 aliphatic rings. The first-order valence-corrected chi connectivity index (χ1v) is 5.28. The zero-order valence-electron chi connectivity index (χ0n) is 9.47. The molecule has 0 aromatic heterocycles. The molecule has 0 saturated carbocycles. The average molecular weight is 231 g/mol. The molecule has 0 aliphatic carbocycles. The minimum Gasteiger partial charge on any atom is -0.326 e. The highest BCUT2D eigenvalue weighted by Crippen LogP contribution is 2.11. The number of nitrogens with one attached hydrogen (secondary N) is 2. The van der Waals surface area contributed by atoms with Crippen LogP contribution in [0.1, 0.15) is 18.9 Å². The molecule has 0 bridgehead atoms. The lowest BCUT2D eigenvalue weighted by molar-refractivity contribution is -0.868. The quantitative estimate of drug-likeness (QED) is 0.740. The van der Waals surface area contributed by atoms with Crippen molar-refractivity contribution >= 4 is 17.4 Å². The second-order valence-electron chi connectivity index (χ2n) is 3.53. The number of anilines is 1. The molecule has 1 aliphatic heterocycles. The number of hydrogen-bond donors (Lipinski definition) is 2. The third kappa shape index (κ3) is 2.73. The Hall–Kier alpha value is -2.08. The van der Waals surface area contributed by atoms with Gasteiger partial charge < -0.3 is 5.32 Å². The van der Waals surface area contributed by atoms with Crippen LogP contribution in [0, 0.1) is 7.05 Å². The van der Waals surface area contributed by atoms with Crippen molar-refractivity contribution in [2.75, 3.05) is 5.32 Å². The predicted octanol–water partition coefficient (Wildman–Crippen LogP) is 0.754. The fourth-order valence-corrected chi connectivity index (χ4v) is 1.35. The van der Waals surface area contributed by atoms with Crippen LogP contribution in [0.15, 0.2) is 39.7 Å². The molecule has 17 heavy (non-hydrogen) atoms. The van der Waals surface area contributed by atoms with Crippen molar-refractivity contribution in [1.29, 1.82) is 0 Å². The highest BCUT2D eigenvalue weighted by Gasteiger charge is 2.11. The van der Waals surface area contributed by atoms with Gasteiger partial charge in [-0.05, 0) is 24.3 Å². The van der Waals surface area contributed by atoms with E-state index in [0.717, 1.165) is 11.3 Å². The lowest BCUT2D eigenvalue weighted by Gasteiger charge is -2.03. The largest absolute Gasteiger partial charge is 0.326 e. The van der Waals surface area contributed by atoms with Crippen molar-refractivity contribution in [3.05, 3.63) is 36.9 Å². The zero-order valence-corrected chi connectivity index (χ0v) is 9.47. The molecular formula is C11H13N5O. The first kappa shape index (κ1) is 11.4. The van der Waals surface area contributed by atoms with Crippen LogP contribution in [0.3, 0.4) is 0 Å². The first-order chi connectivity index (χ1) is 8.19. The Morgan fingerprint density at radius 2 is 2.12 bits per heavy atom. The Kier molecular flexibility index (Phi) is 3.24. The summed E-state index contributed by atoms with van der Waals surface area (Å²) in [5.74, 6) is 0.535. The van der Waals surface area contributed by atoms with Gasteiger partial charge in [-0.1, -0.05) is 24.2 Å². The van der Waals surface area contributed by atoms with Crippen molar-refractivity contribution in [1.82, 2.24) is 0 Å². The molecule has 1 aromatic rings. The molecular weight excluding hydrogens is 218 g/mol. The molecule has 0 saturated heterocycles. The standard InChI is InChI=1S/C11H13N5O/c1-3-10(17)12-9-6-4-8(5-7-9)11-13-15-16(2)14-11/h4-7,16H,2-3H2,1H3,(H,12,17). The van der Waals surface area contributed by atoms with Crippen molar-refractivity contribution in [3.63, 3.8) is 0 Å². The maximum Gasteiger partial charge on any atom is 0.241 e. The topological polar surface area (TPSA) is 70.6 Å². The monoisotopic (exact) mass is 231 g/mol. The predicted molar refractivity (Wildman–Crippen MR) is 63.1 cm³/mol. The van der Waals surface area contributed by atoms with Crippen LogP contribution < -0.4 is 10.4 Å². The number of carbonyl (C=O) groups excluding carboxylic acids is 1. The average Bonchev–Trinajstić information content (AvgIpc) is 2.77. The van der Waals surface area contributed by atoms with Crippen LogP contribution >= 0.6 is 0 Å². The minimum absolute atomic E-state index is 0.0102. The van der Waals surface area contributed by atoms with Crippen LogP contribution in [-0.4, -0.2) is 11.7 Å². The van der Waals surface area contributed by atoms with Gasteiger partial charge in [0.1, 0.15) is 0 Å². The van der Waals surface area contributed by atoms with Gasteiger partial charge in [-0.25, -0.2) is 0 Å². The van der Waals surface area contributed by atoms with Gasteiger partial charge in [-0.15, -0.1) is 0 Å². The van der Waals surface area contributed by atoms with E-state index in [9.17, 15) is 4.79 Å². The molecule has 1 heterocycles. The Morgan fingerprint density at radius 1 is 1.41 bits per heavy atom. The fourth-order valence-electron chi connectivity index (χ4n) is 1.35. The summed E-state index contributed by atoms with van der Waals surface area (Å²) in [7, 11) is 3.59. The van der Waals surface area contributed by atoms with Gasteiger partial charge in [-0.2, -0.15) is 5.12 Å². The molecule has 0 radical (unpaired) electrons.